The first-order valence-corrected chi connectivity index (χ1v) is 9.00. The van der Waals surface area contributed by atoms with Crippen molar-refractivity contribution < 1.29 is 9.59 Å². The first-order chi connectivity index (χ1) is 12.5. The predicted octanol–water partition coefficient (Wildman–Crippen LogP) is 2.97. The highest BCUT2D eigenvalue weighted by molar-refractivity contribution is 6.01. The zero-order chi connectivity index (χ0) is 18.9. The molecular weight excluding hydrogens is 326 g/mol. The largest absolute Gasteiger partial charge is 0.384 e. The van der Waals surface area contributed by atoms with Crippen LogP contribution in [0.4, 0.5) is 5.69 Å². The van der Waals surface area contributed by atoms with Gasteiger partial charge in [0.2, 0.25) is 5.91 Å². The molecule has 138 valence electrons. The number of primary amides is 1. The number of anilines is 1. The zero-order valence-corrected chi connectivity index (χ0v) is 15.4. The Bertz CT molecular complexity index is 731. The third kappa shape index (κ3) is 5.34. The van der Waals surface area contributed by atoms with E-state index in [2.05, 4.69) is 22.8 Å². The van der Waals surface area contributed by atoms with E-state index in [-0.39, 0.29) is 11.8 Å². The normalized spacial score (nSPS) is 12.8. The Kier molecular flexibility index (Phi) is 7.21. The van der Waals surface area contributed by atoms with Crippen LogP contribution in [0.15, 0.2) is 54.6 Å². The molecular formula is C21H27N3O2. The Labute approximate surface area is 155 Å². The maximum Gasteiger partial charge on any atom is 0.254 e. The monoisotopic (exact) mass is 353 g/mol. The van der Waals surface area contributed by atoms with Crippen LogP contribution in [0.1, 0.15) is 36.2 Å². The molecule has 2 amide bonds. The van der Waals surface area contributed by atoms with E-state index in [0.717, 1.165) is 18.5 Å². The summed E-state index contributed by atoms with van der Waals surface area (Å²) in [7, 11) is 0. The average Bonchev–Trinajstić information content (AvgIpc) is 2.66. The van der Waals surface area contributed by atoms with E-state index in [4.69, 9.17) is 5.73 Å². The van der Waals surface area contributed by atoms with Gasteiger partial charge in [-0.15, -0.1) is 0 Å². The van der Waals surface area contributed by atoms with Crippen LogP contribution in [0.2, 0.25) is 0 Å². The van der Waals surface area contributed by atoms with Gasteiger partial charge in [0.05, 0.1) is 5.56 Å². The van der Waals surface area contributed by atoms with Crippen LogP contribution < -0.4 is 16.4 Å². The molecule has 2 atom stereocenters. The highest BCUT2D eigenvalue weighted by Gasteiger charge is 2.24. The predicted molar refractivity (Wildman–Crippen MR) is 105 cm³/mol. The lowest BCUT2D eigenvalue weighted by molar-refractivity contribution is -0.120. The number of nitrogens with two attached hydrogens (primary N) is 1. The molecule has 0 aromatic heterocycles. The highest BCUT2D eigenvalue weighted by Crippen LogP contribution is 2.16. The van der Waals surface area contributed by atoms with Crippen molar-refractivity contribution in [1.82, 2.24) is 5.32 Å². The number of amides is 2. The van der Waals surface area contributed by atoms with Crippen molar-refractivity contribution in [3.8, 4) is 0 Å². The summed E-state index contributed by atoms with van der Waals surface area (Å²) >= 11 is 0. The van der Waals surface area contributed by atoms with Crippen molar-refractivity contribution in [2.45, 2.75) is 32.7 Å². The summed E-state index contributed by atoms with van der Waals surface area (Å²) in [5, 5.41) is 6.09. The average molecular weight is 353 g/mol. The number of para-hydroxylation sites is 1. The van der Waals surface area contributed by atoms with Crippen molar-refractivity contribution >= 4 is 17.5 Å². The maximum absolute atomic E-state index is 12.7. The lowest BCUT2D eigenvalue weighted by Gasteiger charge is -2.22. The molecule has 26 heavy (non-hydrogen) atoms. The van der Waals surface area contributed by atoms with Crippen molar-refractivity contribution in [1.29, 1.82) is 0 Å². The van der Waals surface area contributed by atoms with E-state index >= 15 is 0 Å². The highest BCUT2D eigenvalue weighted by atomic mass is 16.2. The zero-order valence-electron chi connectivity index (χ0n) is 15.4. The molecule has 0 spiro atoms. The van der Waals surface area contributed by atoms with Gasteiger partial charge in [-0.3, -0.25) is 9.59 Å². The van der Waals surface area contributed by atoms with Crippen molar-refractivity contribution in [2.24, 2.45) is 11.7 Å². The third-order valence-electron chi connectivity index (χ3n) is 4.55. The van der Waals surface area contributed by atoms with Gasteiger partial charge in [-0.05, 0) is 30.0 Å². The molecule has 4 N–H and O–H groups in total. The quantitative estimate of drug-likeness (QED) is 0.648. The summed E-state index contributed by atoms with van der Waals surface area (Å²) in [6.45, 7) is 4.57. The first-order valence-electron chi connectivity index (χ1n) is 9.00. The summed E-state index contributed by atoms with van der Waals surface area (Å²) in [6, 6.07) is 16.8. The van der Waals surface area contributed by atoms with Gasteiger partial charge < -0.3 is 16.4 Å². The molecule has 0 radical (unpaired) electrons. The Hall–Kier alpha value is -2.82. The SMILES string of the molecule is CCC(C)C(NC(=O)c1ccccc1NCCc1ccccc1)C(N)=O. The molecule has 2 unspecified atom stereocenters. The first kappa shape index (κ1) is 19.5. The maximum atomic E-state index is 12.7. The van der Waals surface area contributed by atoms with E-state index in [1.54, 1.807) is 12.1 Å². The number of hydrogen-bond donors (Lipinski definition) is 3. The minimum absolute atomic E-state index is 0.0188. The number of hydrogen-bond acceptors (Lipinski definition) is 3. The molecule has 5 heteroatoms. The Morgan fingerprint density at radius 1 is 1.04 bits per heavy atom. The van der Waals surface area contributed by atoms with E-state index in [0.29, 0.717) is 12.1 Å². The van der Waals surface area contributed by atoms with Gasteiger partial charge >= 0.3 is 0 Å². The summed E-state index contributed by atoms with van der Waals surface area (Å²) in [5.74, 6) is -0.825. The van der Waals surface area contributed by atoms with Crippen molar-refractivity contribution in [3.05, 3.63) is 65.7 Å². The second-order valence-corrected chi connectivity index (χ2v) is 6.45. The Balaban J connectivity index is 2.04. The lowest BCUT2D eigenvalue weighted by atomic mass is 9.98. The van der Waals surface area contributed by atoms with Gasteiger partial charge in [0.15, 0.2) is 0 Å². The van der Waals surface area contributed by atoms with E-state index < -0.39 is 11.9 Å². The molecule has 2 rings (SSSR count). The number of benzene rings is 2. The Morgan fingerprint density at radius 3 is 2.35 bits per heavy atom. The van der Waals surface area contributed by atoms with E-state index in [9.17, 15) is 9.59 Å². The molecule has 0 aliphatic carbocycles. The van der Waals surface area contributed by atoms with Crippen LogP contribution in [0.25, 0.3) is 0 Å². The summed E-state index contributed by atoms with van der Waals surface area (Å²) in [6.07, 6.45) is 1.61. The fourth-order valence-corrected chi connectivity index (χ4v) is 2.77. The van der Waals surface area contributed by atoms with Crippen molar-refractivity contribution in [2.75, 3.05) is 11.9 Å². The third-order valence-corrected chi connectivity index (χ3v) is 4.55. The van der Waals surface area contributed by atoms with Crippen LogP contribution >= 0.6 is 0 Å². The molecule has 2 aromatic rings. The number of rotatable bonds is 9. The van der Waals surface area contributed by atoms with Gasteiger partial charge in [0, 0.05) is 12.2 Å². The molecule has 0 saturated carbocycles. The minimum atomic E-state index is -0.676. The molecule has 0 bridgehead atoms. The fourth-order valence-electron chi connectivity index (χ4n) is 2.77. The second kappa shape index (κ2) is 9.61. The molecule has 0 aliphatic rings. The minimum Gasteiger partial charge on any atom is -0.384 e. The van der Waals surface area contributed by atoms with Gasteiger partial charge in [-0.1, -0.05) is 62.7 Å². The molecule has 5 nitrogen and oxygen atoms in total. The topological polar surface area (TPSA) is 84.2 Å². The number of carbonyl (C=O) groups excluding carboxylic acids is 2. The van der Waals surface area contributed by atoms with E-state index in [1.807, 2.05) is 44.2 Å². The molecule has 0 aliphatic heterocycles. The number of carbonyl (C=O) groups is 2. The summed E-state index contributed by atoms with van der Waals surface area (Å²) in [5.41, 5.74) is 7.94. The van der Waals surface area contributed by atoms with Crippen LogP contribution in [0, 0.1) is 5.92 Å². The van der Waals surface area contributed by atoms with Crippen LogP contribution in [-0.2, 0) is 11.2 Å². The summed E-state index contributed by atoms with van der Waals surface area (Å²) in [4.78, 5) is 24.3. The Morgan fingerprint density at radius 2 is 1.69 bits per heavy atom. The fraction of sp³-hybridized carbons (Fsp3) is 0.333. The summed E-state index contributed by atoms with van der Waals surface area (Å²) < 4.78 is 0. The van der Waals surface area contributed by atoms with Crippen LogP contribution in [0.3, 0.4) is 0 Å². The standard InChI is InChI=1S/C21H27N3O2/c1-3-15(2)19(20(22)25)24-21(26)17-11-7-8-12-18(17)23-14-13-16-9-5-4-6-10-16/h4-12,15,19,23H,3,13-14H2,1-2H3,(H2,22,25)(H,24,26). The van der Waals surface area contributed by atoms with Crippen molar-refractivity contribution in [3.63, 3.8) is 0 Å². The molecule has 2 aromatic carbocycles. The molecule has 0 fully saturated rings. The van der Waals surface area contributed by atoms with Crippen LogP contribution in [-0.4, -0.2) is 24.4 Å². The number of nitrogens with one attached hydrogen (secondary N) is 2. The van der Waals surface area contributed by atoms with Gasteiger partial charge in [-0.2, -0.15) is 0 Å². The molecule has 0 saturated heterocycles. The van der Waals surface area contributed by atoms with Gasteiger partial charge in [0.25, 0.3) is 5.91 Å². The lowest BCUT2D eigenvalue weighted by Crippen LogP contribution is -2.48. The van der Waals surface area contributed by atoms with Gasteiger partial charge in [0.1, 0.15) is 6.04 Å². The second-order valence-electron chi connectivity index (χ2n) is 6.45. The molecule has 0 heterocycles. The smallest absolute Gasteiger partial charge is 0.254 e. The van der Waals surface area contributed by atoms with E-state index in [1.165, 1.54) is 5.56 Å². The van der Waals surface area contributed by atoms with Crippen LogP contribution in [0.5, 0.6) is 0 Å². The van der Waals surface area contributed by atoms with Gasteiger partial charge in [-0.25, -0.2) is 0 Å².